The van der Waals surface area contributed by atoms with Crippen LogP contribution in [0.2, 0.25) is 5.02 Å². The zero-order chi connectivity index (χ0) is 30.7. The minimum atomic E-state index is -3.32. The fraction of sp³-hybridized carbons (Fsp3) is 0.303. The number of halogens is 3. The first kappa shape index (κ1) is 30.4. The second-order valence-electron chi connectivity index (χ2n) is 11.0. The predicted octanol–water partition coefficient (Wildman–Crippen LogP) is 6.21. The average Bonchev–Trinajstić information content (AvgIpc) is 3.11. The van der Waals surface area contributed by atoms with Gasteiger partial charge in [0.2, 0.25) is 5.91 Å². The maximum absolute atomic E-state index is 15.7. The number of likely N-dealkylation sites (tertiary alicyclic amines) is 1. The number of fused-ring (bicyclic) bond motifs is 1. The van der Waals surface area contributed by atoms with Crippen molar-refractivity contribution in [3.05, 3.63) is 101 Å². The molecule has 1 N–H and O–H groups in total. The van der Waals surface area contributed by atoms with Crippen LogP contribution in [0.3, 0.4) is 0 Å². The highest BCUT2D eigenvalue weighted by atomic mass is 35.5. The molecule has 5 rings (SSSR count). The molecule has 3 aromatic rings. The number of piperidine rings is 1. The summed E-state index contributed by atoms with van der Waals surface area (Å²) in [6.45, 7) is 0.754. The fourth-order valence-electron chi connectivity index (χ4n) is 5.55. The van der Waals surface area contributed by atoms with Gasteiger partial charge in [0.25, 0.3) is 17.7 Å². The number of benzene rings is 3. The minimum Gasteiger partial charge on any atom is -0.339 e. The Morgan fingerprint density at radius 2 is 1.58 bits per heavy atom. The van der Waals surface area contributed by atoms with Gasteiger partial charge in [0.15, 0.2) is 0 Å². The lowest BCUT2D eigenvalue weighted by Crippen LogP contribution is -2.44. The topological polar surface area (TPSA) is 73.0 Å². The minimum absolute atomic E-state index is 0.151. The maximum Gasteiger partial charge on any atom is 0.275 e. The number of amides is 3. The molecule has 0 spiro atoms. The van der Waals surface area contributed by atoms with Crippen LogP contribution in [-0.4, -0.2) is 73.2 Å². The zero-order valence-corrected chi connectivity index (χ0v) is 24.8. The SMILES string of the molecule is CN(C)C1CCN(C(=O)C=C2c3ccccc3N(C(=O)c3ccc(NC(=O)c4ccccc4Cl)cc3)CCC2(F)F)CC1. The zero-order valence-electron chi connectivity index (χ0n) is 24.0. The Morgan fingerprint density at radius 1 is 0.930 bits per heavy atom. The van der Waals surface area contributed by atoms with Gasteiger partial charge in [-0.15, -0.1) is 0 Å². The summed E-state index contributed by atoms with van der Waals surface area (Å²) in [5.74, 6) is -4.64. The molecule has 3 amide bonds. The number of para-hydroxylation sites is 1. The molecular formula is C33H33ClF2N4O3. The summed E-state index contributed by atoms with van der Waals surface area (Å²) in [5.41, 5.74) is 1.11. The maximum atomic E-state index is 15.7. The van der Waals surface area contributed by atoms with Gasteiger partial charge in [0, 0.05) is 60.6 Å². The van der Waals surface area contributed by atoms with E-state index in [1.165, 1.54) is 23.1 Å². The molecule has 7 nitrogen and oxygen atoms in total. The molecule has 1 saturated heterocycles. The molecule has 2 aliphatic rings. The summed E-state index contributed by atoms with van der Waals surface area (Å²) in [4.78, 5) is 44.5. The van der Waals surface area contributed by atoms with Gasteiger partial charge in [-0.2, -0.15) is 0 Å². The first-order valence-corrected chi connectivity index (χ1v) is 14.6. The number of carbonyl (C=O) groups is 3. The van der Waals surface area contributed by atoms with Crippen molar-refractivity contribution in [1.82, 2.24) is 9.80 Å². The van der Waals surface area contributed by atoms with E-state index in [1.54, 1.807) is 59.5 Å². The van der Waals surface area contributed by atoms with Crippen molar-refractivity contribution in [3.63, 3.8) is 0 Å². The standard InChI is InChI=1S/C33H33ClF2N4O3/c1-38(2)24-15-18-39(19-16-24)30(41)21-27-25-7-4-6-10-29(25)40(20-17-33(27,35)36)32(43)22-11-13-23(14-12-22)37-31(42)26-8-3-5-9-28(26)34/h3-14,21,24H,15-20H2,1-2H3,(H,37,42). The van der Waals surface area contributed by atoms with Crippen LogP contribution in [-0.2, 0) is 4.79 Å². The van der Waals surface area contributed by atoms with Crippen LogP contribution in [0, 0.1) is 0 Å². The molecule has 10 heteroatoms. The Labute approximate surface area is 254 Å². The normalized spacial score (nSPS) is 17.9. The second-order valence-corrected chi connectivity index (χ2v) is 11.4. The van der Waals surface area contributed by atoms with Crippen molar-refractivity contribution in [2.75, 3.05) is 43.9 Å². The number of allylic oxidation sites excluding steroid dienone is 1. The van der Waals surface area contributed by atoms with Crippen LogP contribution in [0.5, 0.6) is 0 Å². The van der Waals surface area contributed by atoms with Crippen molar-refractivity contribution in [2.24, 2.45) is 0 Å². The molecule has 0 atom stereocenters. The van der Waals surface area contributed by atoms with Crippen LogP contribution in [0.15, 0.2) is 78.9 Å². The number of carbonyl (C=O) groups excluding carboxylic acids is 3. The largest absolute Gasteiger partial charge is 0.339 e. The molecule has 2 heterocycles. The van der Waals surface area contributed by atoms with Gasteiger partial charge >= 0.3 is 0 Å². The van der Waals surface area contributed by atoms with E-state index in [1.807, 2.05) is 14.1 Å². The van der Waals surface area contributed by atoms with E-state index in [-0.39, 0.29) is 23.2 Å². The van der Waals surface area contributed by atoms with E-state index < -0.39 is 30.1 Å². The van der Waals surface area contributed by atoms with E-state index in [4.69, 9.17) is 11.6 Å². The lowest BCUT2D eigenvalue weighted by atomic mass is 9.96. The molecular weight excluding hydrogens is 574 g/mol. The van der Waals surface area contributed by atoms with Crippen LogP contribution in [0.25, 0.3) is 5.57 Å². The quantitative estimate of drug-likeness (QED) is 0.350. The lowest BCUT2D eigenvalue weighted by Gasteiger charge is -2.35. The van der Waals surface area contributed by atoms with E-state index in [2.05, 4.69) is 10.2 Å². The Bertz CT molecular complexity index is 1550. The molecule has 43 heavy (non-hydrogen) atoms. The Morgan fingerprint density at radius 3 is 2.26 bits per heavy atom. The fourth-order valence-corrected chi connectivity index (χ4v) is 5.77. The highest BCUT2D eigenvalue weighted by Gasteiger charge is 2.42. The molecule has 2 aliphatic heterocycles. The van der Waals surface area contributed by atoms with Crippen molar-refractivity contribution in [3.8, 4) is 0 Å². The summed E-state index contributed by atoms with van der Waals surface area (Å²) < 4.78 is 31.3. The Hall–Kier alpha value is -4.08. The molecule has 0 aliphatic carbocycles. The molecule has 0 aromatic heterocycles. The highest BCUT2D eigenvalue weighted by molar-refractivity contribution is 6.34. The van der Waals surface area contributed by atoms with Gasteiger partial charge in [0.05, 0.1) is 16.3 Å². The van der Waals surface area contributed by atoms with Gasteiger partial charge in [0.1, 0.15) is 0 Å². The first-order valence-electron chi connectivity index (χ1n) is 14.2. The van der Waals surface area contributed by atoms with Crippen molar-refractivity contribution in [1.29, 1.82) is 0 Å². The van der Waals surface area contributed by atoms with Crippen molar-refractivity contribution >= 4 is 46.3 Å². The van der Waals surface area contributed by atoms with E-state index >= 15 is 8.78 Å². The molecule has 1 fully saturated rings. The molecule has 0 bridgehead atoms. The number of alkyl halides is 2. The van der Waals surface area contributed by atoms with Crippen LogP contribution in [0.4, 0.5) is 20.2 Å². The molecule has 3 aromatic carbocycles. The van der Waals surface area contributed by atoms with Crippen LogP contribution >= 0.6 is 11.6 Å². The highest BCUT2D eigenvalue weighted by Crippen LogP contribution is 2.43. The molecule has 0 saturated carbocycles. The third-order valence-corrected chi connectivity index (χ3v) is 8.39. The van der Waals surface area contributed by atoms with E-state index in [0.29, 0.717) is 41.1 Å². The Balaban J connectivity index is 1.37. The van der Waals surface area contributed by atoms with Gasteiger partial charge in [-0.1, -0.05) is 41.9 Å². The number of anilines is 2. The third-order valence-electron chi connectivity index (χ3n) is 8.06. The summed E-state index contributed by atoms with van der Waals surface area (Å²) in [6, 6.07) is 19.7. The third kappa shape index (κ3) is 6.63. The summed E-state index contributed by atoms with van der Waals surface area (Å²) in [6.07, 6.45) is 1.97. The van der Waals surface area contributed by atoms with Gasteiger partial charge in [-0.25, -0.2) is 8.78 Å². The van der Waals surface area contributed by atoms with Gasteiger partial charge in [-0.05, 0) is 69.4 Å². The van der Waals surface area contributed by atoms with Gasteiger partial charge < -0.3 is 20.0 Å². The van der Waals surface area contributed by atoms with Crippen LogP contribution < -0.4 is 10.2 Å². The Kier molecular flexibility index (Phi) is 8.94. The van der Waals surface area contributed by atoms with E-state index in [0.717, 1.165) is 18.9 Å². The number of nitrogens with one attached hydrogen (secondary N) is 1. The summed E-state index contributed by atoms with van der Waals surface area (Å²) >= 11 is 6.11. The van der Waals surface area contributed by atoms with Crippen molar-refractivity contribution in [2.45, 2.75) is 31.2 Å². The average molecular weight is 607 g/mol. The smallest absolute Gasteiger partial charge is 0.275 e. The van der Waals surface area contributed by atoms with E-state index in [9.17, 15) is 14.4 Å². The summed E-state index contributed by atoms with van der Waals surface area (Å²) in [7, 11) is 3.99. The number of hydrogen-bond acceptors (Lipinski definition) is 4. The van der Waals surface area contributed by atoms with Crippen LogP contribution in [0.1, 0.15) is 45.5 Å². The number of nitrogens with zero attached hydrogens (tertiary/aromatic N) is 3. The number of hydrogen-bond donors (Lipinski definition) is 1. The molecule has 0 unspecified atom stereocenters. The monoisotopic (exact) mass is 606 g/mol. The predicted molar refractivity (Wildman–Crippen MR) is 165 cm³/mol. The second kappa shape index (κ2) is 12.7. The first-order chi connectivity index (χ1) is 20.5. The molecule has 0 radical (unpaired) electrons. The molecule has 224 valence electrons. The number of rotatable bonds is 5. The van der Waals surface area contributed by atoms with Crippen molar-refractivity contribution < 1.29 is 23.2 Å². The van der Waals surface area contributed by atoms with Gasteiger partial charge in [-0.3, -0.25) is 14.4 Å². The lowest BCUT2D eigenvalue weighted by molar-refractivity contribution is -0.127. The summed E-state index contributed by atoms with van der Waals surface area (Å²) in [5, 5.41) is 3.06.